The van der Waals surface area contributed by atoms with Crippen LogP contribution in [0.3, 0.4) is 0 Å². The van der Waals surface area contributed by atoms with Crippen LogP contribution in [-0.4, -0.2) is 26.5 Å². The smallest absolute Gasteiger partial charge is 0.318 e. The van der Waals surface area contributed by atoms with Gasteiger partial charge >= 0.3 is 5.69 Å². The van der Waals surface area contributed by atoms with Crippen molar-refractivity contribution >= 4 is 29.4 Å². The average molecular weight is 374 g/mol. The molecule has 0 aromatic heterocycles. The number of nitro groups is 2. The average Bonchev–Trinajstić information content (AvgIpc) is 2.97. The Balaban J connectivity index is 1.92. The largest absolute Gasteiger partial charge is 0.502 e. The predicted octanol–water partition coefficient (Wildman–Crippen LogP) is 3.67. The van der Waals surface area contributed by atoms with E-state index in [-0.39, 0.29) is 11.5 Å². The number of nitro benzene ring substituents is 2. The number of hydrogen-bond donors (Lipinski definition) is 1. The van der Waals surface area contributed by atoms with Gasteiger partial charge in [-0.2, -0.15) is 5.26 Å². The van der Waals surface area contributed by atoms with Crippen molar-refractivity contribution in [3.05, 3.63) is 48.4 Å². The molecule has 0 saturated heterocycles. The number of phenols is 1. The highest BCUT2D eigenvalue weighted by atomic mass is 32.2. The van der Waals surface area contributed by atoms with Crippen LogP contribution in [0.1, 0.15) is 31.2 Å². The molecule has 0 saturated carbocycles. The van der Waals surface area contributed by atoms with Crippen molar-refractivity contribution < 1.29 is 15.0 Å². The third-order valence-electron chi connectivity index (χ3n) is 4.39. The Morgan fingerprint density at radius 3 is 2.65 bits per heavy atom. The second-order valence-corrected chi connectivity index (χ2v) is 7.18. The van der Waals surface area contributed by atoms with Crippen molar-refractivity contribution in [3.63, 3.8) is 0 Å². The van der Waals surface area contributed by atoms with E-state index in [0.29, 0.717) is 6.07 Å². The quantitative estimate of drug-likeness (QED) is 0.481. The summed E-state index contributed by atoms with van der Waals surface area (Å²) in [5.41, 5.74) is -0.286. The molecule has 0 radical (unpaired) electrons. The molecule has 134 valence electrons. The first-order chi connectivity index (χ1) is 12.4. The van der Waals surface area contributed by atoms with Gasteiger partial charge in [0.25, 0.3) is 5.69 Å². The van der Waals surface area contributed by atoms with Gasteiger partial charge in [0.2, 0.25) is 5.75 Å². The van der Waals surface area contributed by atoms with Gasteiger partial charge in [-0.25, -0.2) is 0 Å². The molecular weight excluding hydrogens is 360 g/mol. The Hall–Kier alpha value is -2.93. The van der Waals surface area contributed by atoms with Crippen LogP contribution in [0.4, 0.5) is 11.4 Å². The van der Waals surface area contributed by atoms with Crippen LogP contribution in [0, 0.1) is 37.5 Å². The number of rotatable bonds is 4. The molecule has 1 N–H and O–H groups in total. The molecule has 1 aliphatic carbocycles. The van der Waals surface area contributed by atoms with E-state index in [4.69, 9.17) is 0 Å². The van der Waals surface area contributed by atoms with Crippen molar-refractivity contribution in [1.82, 2.24) is 0 Å². The third-order valence-corrected chi connectivity index (χ3v) is 5.78. The van der Waals surface area contributed by atoms with Gasteiger partial charge in [0, 0.05) is 17.8 Å². The Labute approximate surface area is 152 Å². The van der Waals surface area contributed by atoms with E-state index in [9.17, 15) is 30.6 Å². The lowest BCUT2D eigenvalue weighted by Crippen LogP contribution is -2.11. The summed E-state index contributed by atoms with van der Waals surface area (Å²) < 4.78 is 0. The molecule has 1 heterocycles. The first-order valence-corrected chi connectivity index (χ1v) is 8.77. The van der Waals surface area contributed by atoms with Crippen LogP contribution >= 0.6 is 11.8 Å². The Bertz CT molecular complexity index is 889. The molecule has 1 aromatic rings. The number of hydrogen-bond acceptors (Lipinski definition) is 8. The van der Waals surface area contributed by atoms with Crippen molar-refractivity contribution in [2.75, 3.05) is 0 Å². The van der Waals surface area contributed by atoms with E-state index >= 15 is 0 Å². The van der Waals surface area contributed by atoms with Gasteiger partial charge in [-0.1, -0.05) is 0 Å². The topological polar surface area (TPSA) is 143 Å². The van der Waals surface area contributed by atoms with Crippen molar-refractivity contribution in [2.24, 2.45) is 10.9 Å². The summed E-state index contributed by atoms with van der Waals surface area (Å²) in [7, 11) is 0. The summed E-state index contributed by atoms with van der Waals surface area (Å²) in [6.07, 6.45) is 5.05. The molecule has 1 aromatic carbocycles. The lowest BCUT2D eigenvalue weighted by Gasteiger charge is -2.14. The van der Waals surface area contributed by atoms with Crippen molar-refractivity contribution in [1.29, 1.82) is 5.26 Å². The molecule has 2 aliphatic rings. The fourth-order valence-corrected chi connectivity index (χ4v) is 4.55. The molecule has 0 bridgehead atoms. The van der Waals surface area contributed by atoms with Crippen LogP contribution in [-0.2, 0) is 0 Å². The lowest BCUT2D eigenvalue weighted by molar-refractivity contribution is -0.394. The molecular formula is C16H14N4O5S. The minimum absolute atomic E-state index is 0.118. The van der Waals surface area contributed by atoms with Gasteiger partial charge in [0.05, 0.1) is 22.0 Å². The van der Waals surface area contributed by atoms with Crippen molar-refractivity contribution in [2.45, 2.75) is 31.1 Å². The Kier molecular flexibility index (Phi) is 4.90. The molecule has 0 unspecified atom stereocenters. The van der Waals surface area contributed by atoms with Gasteiger partial charge in [-0.05, 0) is 36.2 Å². The van der Waals surface area contributed by atoms with Crippen LogP contribution in [0.5, 0.6) is 5.75 Å². The number of allylic oxidation sites excluding steroid dienone is 1. The number of thioether (sulfide) groups is 1. The number of nitrogens with zero attached hydrogens (tertiary/aromatic N) is 4. The van der Waals surface area contributed by atoms with Crippen LogP contribution in [0.25, 0.3) is 0 Å². The van der Waals surface area contributed by atoms with Crippen LogP contribution < -0.4 is 0 Å². The summed E-state index contributed by atoms with van der Waals surface area (Å²) >= 11 is 1.48. The lowest BCUT2D eigenvalue weighted by atomic mass is 9.90. The highest BCUT2D eigenvalue weighted by molar-refractivity contribution is 8.04. The zero-order chi connectivity index (χ0) is 18.8. The molecule has 0 amide bonds. The number of benzene rings is 1. The molecule has 26 heavy (non-hydrogen) atoms. The number of phenolic OH excluding ortho intramolecular Hbond substituents is 1. The molecule has 9 nitrogen and oxygen atoms in total. The standard InChI is InChI=1S/C16H14N4O5S/c17-7-12-11-3-1-2-4-14(11)26-16(12)18-8-9-5-10(19(22)23)6-13(15(9)21)20(24)25/h5-6,8,12,16,21H,1-4H2/t12-,16+/m1/s1. The fourth-order valence-electron chi connectivity index (χ4n) is 3.13. The summed E-state index contributed by atoms with van der Waals surface area (Å²) in [5, 5.41) is 41.1. The summed E-state index contributed by atoms with van der Waals surface area (Å²) in [4.78, 5) is 25.8. The normalized spacial score (nSPS) is 22.3. The van der Waals surface area contributed by atoms with Gasteiger partial charge < -0.3 is 5.11 Å². The first-order valence-electron chi connectivity index (χ1n) is 7.89. The molecule has 0 spiro atoms. The minimum atomic E-state index is -0.887. The van der Waals surface area contributed by atoms with Gasteiger partial charge in [0.1, 0.15) is 11.3 Å². The fraction of sp³-hybridized carbons (Fsp3) is 0.375. The molecule has 1 aliphatic heterocycles. The second kappa shape index (κ2) is 7.13. The monoisotopic (exact) mass is 374 g/mol. The zero-order valence-corrected chi connectivity index (χ0v) is 14.3. The van der Waals surface area contributed by atoms with E-state index in [1.807, 2.05) is 0 Å². The molecule has 0 fully saturated rings. The summed E-state index contributed by atoms with van der Waals surface area (Å²) in [6, 6.07) is 3.98. The third kappa shape index (κ3) is 3.25. The zero-order valence-electron chi connectivity index (χ0n) is 13.5. The molecule has 3 rings (SSSR count). The highest BCUT2D eigenvalue weighted by Gasteiger charge is 2.36. The molecule has 10 heteroatoms. The predicted molar refractivity (Wildman–Crippen MR) is 95.0 cm³/mol. The summed E-state index contributed by atoms with van der Waals surface area (Å²) in [5.74, 6) is -1.07. The Morgan fingerprint density at radius 1 is 1.27 bits per heavy atom. The molecule has 2 atom stereocenters. The second-order valence-electron chi connectivity index (χ2n) is 5.97. The number of non-ortho nitro benzene ring substituents is 1. The SMILES string of the molecule is N#C[C@@H]1C2=C(CCCC2)S[C@@H]1N=Cc1cc([N+](=O)[O-])cc([N+](=O)[O-])c1O. The van der Waals surface area contributed by atoms with E-state index in [0.717, 1.165) is 37.3 Å². The summed E-state index contributed by atoms with van der Waals surface area (Å²) in [6.45, 7) is 0. The van der Waals surface area contributed by atoms with Crippen LogP contribution in [0.15, 0.2) is 27.6 Å². The maximum absolute atomic E-state index is 11.0. The van der Waals surface area contributed by atoms with E-state index in [1.54, 1.807) is 0 Å². The maximum Gasteiger partial charge on any atom is 0.318 e. The van der Waals surface area contributed by atoms with Gasteiger partial charge in [-0.3, -0.25) is 25.2 Å². The highest BCUT2D eigenvalue weighted by Crippen LogP contribution is 2.49. The van der Waals surface area contributed by atoms with Gasteiger partial charge in [0.15, 0.2) is 0 Å². The van der Waals surface area contributed by atoms with E-state index in [1.165, 1.54) is 22.9 Å². The minimum Gasteiger partial charge on any atom is -0.502 e. The van der Waals surface area contributed by atoms with E-state index < -0.39 is 32.3 Å². The number of nitriles is 1. The van der Waals surface area contributed by atoms with Gasteiger partial charge in [-0.15, -0.1) is 11.8 Å². The van der Waals surface area contributed by atoms with E-state index in [2.05, 4.69) is 11.1 Å². The number of aromatic hydroxyl groups is 1. The van der Waals surface area contributed by atoms with Crippen LogP contribution in [0.2, 0.25) is 0 Å². The maximum atomic E-state index is 11.0. The Morgan fingerprint density at radius 2 is 2.00 bits per heavy atom. The number of aliphatic imine (C=N–C) groups is 1. The van der Waals surface area contributed by atoms with Crippen molar-refractivity contribution in [3.8, 4) is 11.8 Å². The first kappa shape index (κ1) is 17.9.